The number of amides is 2. The van der Waals surface area contributed by atoms with Crippen LogP contribution in [0.15, 0.2) is 35.7 Å². The van der Waals surface area contributed by atoms with Crippen LogP contribution in [0.3, 0.4) is 0 Å². The van der Waals surface area contributed by atoms with Crippen molar-refractivity contribution in [3.8, 4) is 0 Å². The summed E-state index contributed by atoms with van der Waals surface area (Å²) in [6, 6.07) is 7.67. The second-order valence-electron chi connectivity index (χ2n) is 7.61. The first-order chi connectivity index (χ1) is 12.8. The molecular formula is C19H25N5O2S. The van der Waals surface area contributed by atoms with Gasteiger partial charge in [0.2, 0.25) is 5.91 Å². The molecule has 0 spiro atoms. The van der Waals surface area contributed by atoms with E-state index in [0.29, 0.717) is 31.7 Å². The molecule has 1 N–H and O–H groups in total. The number of hydrogen-bond donors (Lipinski definition) is 1. The number of aromatic amines is 1. The molecule has 1 saturated heterocycles. The summed E-state index contributed by atoms with van der Waals surface area (Å²) < 4.78 is 0. The highest BCUT2D eigenvalue weighted by Gasteiger charge is 2.31. The van der Waals surface area contributed by atoms with Crippen LogP contribution < -0.4 is 0 Å². The number of H-pyrrole nitrogens is 1. The van der Waals surface area contributed by atoms with Gasteiger partial charge in [-0.15, -0.1) is 0 Å². The molecule has 1 aliphatic heterocycles. The standard InChI is InChI=1S/C19H25N5O2S/c1-19(2,3)17(26)24-10-8-23(9-11-24)16(25)15-6-4-14(5-7-15)12-27-18-20-13-21-22-18/h4-7,13H,8-12H2,1-3H3,(H,20,21,22). The normalized spacial score (nSPS) is 15.1. The molecule has 0 saturated carbocycles. The molecule has 2 aromatic rings. The average Bonchev–Trinajstić information content (AvgIpc) is 3.19. The van der Waals surface area contributed by atoms with Crippen molar-refractivity contribution in [1.29, 1.82) is 0 Å². The smallest absolute Gasteiger partial charge is 0.253 e. The Morgan fingerprint density at radius 3 is 2.26 bits per heavy atom. The van der Waals surface area contributed by atoms with E-state index in [-0.39, 0.29) is 17.2 Å². The van der Waals surface area contributed by atoms with Crippen LogP contribution in [-0.2, 0) is 10.5 Å². The molecule has 2 amide bonds. The molecule has 3 rings (SSSR count). The zero-order chi connectivity index (χ0) is 19.4. The van der Waals surface area contributed by atoms with Gasteiger partial charge < -0.3 is 9.80 Å². The van der Waals surface area contributed by atoms with E-state index in [1.807, 2.05) is 54.8 Å². The Bertz CT molecular complexity index is 775. The second kappa shape index (κ2) is 8.12. The molecule has 7 nitrogen and oxygen atoms in total. The maximum atomic E-state index is 12.7. The van der Waals surface area contributed by atoms with E-state index < -0.39 is 0 Å². The first-order valence-electron chi connectivity index (χ1n) is 9.00. The van der Waals surface area contributed by atoms with Crippen molar-refractivity contribution in [2.75, 3.05) is 26.2 Å². The fourth-order valence-corrected chi connectivity index (χ4v) is 3.66. The number of hydrogen-bond acceptors (Lipinski definition) is 5. The molecular weight excluding hydrogens is 362 g/mol. The SMILES string of the molecule is CC(C)(C)C(=O)N1CCN(C(=O)c2ccc(CSc3ncn[nH]3)cc2)CC1. The Morgan fingerprint density at radius 1 is 1.07 bits per heavy atom. The molecule has 27 heavy (non-hydrogen) atoms. The Morgan fingerprint density at radius 2 is 1.70 bits per heavy atom. The van der Waals surface area contributed by atoms with E-state index >= 15 is 0 Å². The molecule has 2 heterocycles. The predicted octanol–water partition coefficient (Wildman–Crippen LogP) is 2.43. The first-order valence-corrected chi connectivity index (χ1v) is 9.99. The number of thioether (sulfide) groups is 1. The lowest BCUT2D eigenvalue weighted by atomic mass is 9.94. The summed E-state index contributed by atoms with van der Waals surface area (Å²) in [6.07, 6.45) is 1.49. The number of benzene rings is 1. The summed E-state index contributed by atoms with van der Waals surface area (Å²) in [5.74, 6) is 0.924. The molecule has 0 aliphatic carbocycles. The highest BCUT2D eigenvalue weighted by Crippen LogP contribution is 2.21. The van der Waals surface area contributed by atoms with Crippen LogP contribution in [0.2, 0.25) is 0 Å². The van der Waals surface area contributed by atoms with Crippen LogP contribution in [-0.4, -0.2) is 63.0 Å². The average molecular weight is 388 g/mol. The van der Waals surface area contributed by atoms with Crippen molar-refractivity contribution in [2.45, 2.75) is 31.7 Å². The summed E-state index contributed by atoms with van der Waals surface area (Å²) in [7, 11) is 0. The Kier molecular flexibility index (Phi) is 5.84. The molecule has 0 radical (unpaired) electrons. The Hall–Kier alpha value is -2.35. The number of carbonyl (C=O) groups excluding carboxylic acids is 2. The zero-order valence-electron chi connectivity index (χ0n) is 15.9. The molecule has 0 unspecified atom stereocenters. The van der Waals surface area contributed by atoms with Gasteiger partial charge in [-0.25, -0.2) is 4.98 Å². The second-order valence-corrected chi connectivity index (χ2v) is 8.57. The van der Waals surface area contributed by atoms with Crippen molar-refractivity contribution in [1.82, 2.24) is 25.0 Å². The van der Waals surface area contributed by atoms with Crippen LogP contribution in [0, 0.1) is 5.41 Å². The van der Waals surface area contributed by atoms with Crippen molar-refractivity contribution in [2.24, 2.45) is 5.41 Å². The number of nitrogens with zero attached hydrogens (tertiary/aromatic N) is 4. The largest absolute Gasteiger partial charge is 0.339 e. The molecule has 0 atom stereocenters. The molecule has 0 bridgehead atoms. The fraction of sp³-hybridized carbons (Fsp3) is 0.474. The van der Waals surface area contributed by atoms with E-state index in [4.69, 9.17) is 0 Å². The molecule has 1 fully saturated rings. The van der Waals surface area contributed by atoms with Gasteiger partial charge in [-0.05, 0) is 17.7 Å². The monoisotopic (exact) mass is 387 g/mol. The molecule has 8 heteroatoms. The zero-order valence-corrected chi connectivity index (χ0v) is 16.8. The number of rotatable bonds is 4. The summed E-state index contributed by atoms with van der Waals surface area (Å²) in [6.45, 7) is 8.11. The van der Waals surface area contributed by atoms with E-state index in [1.54, 1.807) is 11.8 Å². The lowest BCUT2D eigenvalue weighted by Crippen LogP contribution is -2.53. The third-order valence-electron chi connectivity index (χ3n) is 4.47. The summed E-state index contributed by atoms with van der Waals surface area (Å²) >= 11 is 1.57. The van der Waals surface area contributed by atoms with Gasteiger partial charge >= 0.3 is 0 Å². The quantitative estimate of drug-likeness (QED) is 0.815. The lowest BCUT2D eigenvalue weighted by molar-refractivity contribution is -0.140. The van der Waals surface area contributed by atoms with Crippen molar-refractivity contribution in [3.05, 3.63) is 41.7 Å². The van der Waals surface area contributed by atoms with Gasteiger partial charge in [-0.1, -0.05) is 44.7 Å². The van der Waals surface area contributed by atoms with Crippen LogP contribution in [0.4, 0.5) is 0 Å². The van der Waals surface area contributed by atoms with E-state index in [2.05, 4.69) is 15.2 Å². The van der Waals surface area contributed by atoms with E-state index in [9.17, 15) is 9.59 Å². The number of aromatic nitrogens is 3. The number of carbonyl (C=O) groups is 2. The van der Waals surface area contributed by atoms with Gasteiger partial charge in [0, 0.05) is 42.9 Å². The minimum Gasteiger partial charge on any atom is -0.339 e. The van der Waals surface area contributed by atoms with Crippen molar-refractivity contribution in [3.63, 3.8) is 0 Å². The van der Waals surface area contributed by atoms with Gasteiger partial charge in [0.1, 0.15) is 6.33 Å². The maximum Gasteiger partial charge on any atom is 0.253 e. The third-order valence-corrected chi connectivity index (χ3v) is 5.41. The lowest BCUT2D eigenvalue weighted by Gasteiger charge is -2.37. The number of piperazine rings is 1. The van der Waals surface area contributed by atoms with Crippen LogP contribution in [0.25, 0.3) is 0 Å². The molecule has 144 valence electrons. The summed E-state index contributed by atoms with van der Waals surface area (Å²) in [5, 5.41) is 7.41. The van der Waals surface area contributed by atoms with Gasteiger partial charge in [0.25, 0.3) is 5.91 Å². The minimum atomic E-state index is -0.383. The van der Waals surface area contributed by atoms with Crippen LogP contribution >= 0.6 is 11.8 Å². The van der Waals surface area contributed by atoms with E-state index in [0.717, 1.165) is 16.5 Å². The maximum absolute atomic E-state index is 12.7. The third kappa shape index (κ3) is 4.88. The molecule has 1 aliphatic rings. The van der Waals surface area contributed by atoms with Crippen molar-refractivity contribution < 1.29 is 9.59 Å². The van der Waals surface area contributed by atoms with Gasteiger partial charge in [0.05, 0.1) is 0 Å². The number of nitrogens with one attached hydrogen (secondary N) is 1. The first kappa shape index (κ1) is 19.4. The highest BCUT2D eigenvalue weighted by atomic mass is 32.2. The highest BCUT2D eigenvalue weighted by molar-refractivity contribution is 7.98. The fourth-order valence-electron chi connectivity index (χ4n) is 2.93. The Labute approximate surface area is 163 Å². The van der Waals surface area contributed by atoms with Gasteiger partial charge in [0.15, 0.2) is 5.16 Å². The minimum absolute atomic E-state index is 0.0206. The summed E-state index contributed by atoms with van der Waals surface area (Å²) in [4.78, 5) is 32.8. The Balaban J connectivity index is 1.53. The van der Waals surface area contributed by atoms with Crippen LogP contribution in [0.5, 0.6) is 0 Å². The topological polar surface area (TPSA) is 82.2 Å². The van der Waals surface area contributed by atoms with Crippen LogP contribution in [0.1, 0.15) is 36.7 Å². The van der Waals surface area contributed by atoms with Gasteiger partial charge in [-0.3, -0.25) is 14.7 Å². The van der Waals surface area contributed by atoms with E-state index in [1.165, 1.54) is 6.33 Å². The molecule has 1 aromatic carbocycles. The predicted molar refractivity (Wildman–Crippen MR) is 104 cm³/mol. The van der Waals surface area contributed by atoms with Crippen molar-refractivity contribution >= 4 is 23.6 Å². The summed E-state index contributed by atoms with van der Waals surface area (Å²) in [5.41, 5.74) is 1.42. The van der Waals surface area contributed by atoms with Gasteiger partial charge in [-0.2, -0.15) is 5.10 Å². The molecule has 1 aromatic heterocycles.